The number of hydrogen-bond acceptors (Lipinski definition) is 2. The van der Waals surface area contributed by atoms with Gasteiger partial charge in [-0.15, -0.1) is 24.0 Å². The fourth-order valence-electron chi connectivity index (χ4n) is 2.08. The van der Waals surface area contributed by atoms with Crippen LogP contribution in [0.1, 0.15) is 47.0 Å². The van der Waals surface area contributed by atoms with E-state index in [1.54, 1.807) is 0 Å². The summed E-state index contributed by atoms with van der Waals surface area (Å²) in [6.07, 6.45) is -1.22. The van der Waals surface area contributed by atoms with E-state index in [0.717, 1.165) is 26.3 Å². The lowest BCUT2D eigenvalue weighted by Crippen LogP contribution is -2.43. The van der Waals surface area contributed by atoms with E-state index in [1.165, 1.54) is 0 Å². The molecule has 0 heterocycles. The number of alkyl halides is 3. The molecule has 1 atom stereocenters. The predicted molar refractivity (Wildman–Crippen MR) is 106 cm³/mol. The summed E-state index contributed by atoms with van der Waals surface area (Å²) >= 11 is 0. The topological polar surface area (TPSA) is 56.7 Å². The number of carbonyl (C=O) groups excluding carboxylic acids is 1. The van der Waals surface area contributed by atoms with Crippen LogP contribution in [0.2, 0.25) is 0 Å². The molecule has 0 aromatic carbocycles. The summed E-state index contributed by atoms with van der Waals surface area (Å²) < 4.78 is 36.8. The molecule has 0 rings (SSSR count). The Balaban J connectivity index is 0. The molecular weight excluding hydrogens is 448 g/mol. The Kier molecular flexibility index (Phi) is 14.3. The minimum absolute atomic E-state index is 0. The van der Waals surface area contributed by atoms with Gasteiger partial charge in [0.15, 0.2) is 5.96 Å². The summed E-state index contributed by atoms with van der Waals surface area (Å²) in [7, 11) is 1.13. The zero-order valence-electron chi connectivity index (χ0n) is 15.7. The first kappa shape index (κ1) is 26.5. The van der Waals surface area contributed by atoms with Crippen LogP contribution in [0.15, 0.2) is 4.99 Å². The van der Waals surface area contributed by atoms with Gasteiger partial charge in [-0.3, -0.25) is 4.79 Å². The Morgan fingerprint density at radius 1 is 1.20 bits per heavy atom. The highest BCUT2D eigenvalue weighted by Gasteiger charge is 2.31. The average molecular weight is 480 g/mol. The molecule has 0 aliphatic heterocycles. The molecule has 0 saturated carbocycles. The molecule has 2 N–H and O–H groups in total. The van der Waals surface area contributed by atoms with Crippen LogP contribution in [-0.2, 0) is 4.79 Å². The van der Waals surface area contributed by atoms with Crippen LogP contribution in [0.25, 0.3) is 0 Å². The van der Waals surface area contributed by atoms with Crippen LogP contribution < -0.4 is 10.6 Å². The lowest BCUT2D eigenvalue weighted by atomic mass is 10.0. The Morgan fingerprint density at radius 3 is 2.28 bits per heavy atom. The molecule has 0 fully saturated rings. The summed E-state index contributed by atoms with van der Waals surface area (Å²) in [6, 6.07) is 0.171. The second-order valence-electron chi connectivity index (χ2n) is 6.43. The molecule has 0 aromatic heterocycles. The zero-order chi connectivity index (χ0) is 18.8. The number of carbonyl (C=O) groups is 1. The number of rotatable bonds is 9. The van der Waals surface area contributed by atoms with Crippen molar-refractivity contribution in [3.8, 4) is 0 Å². The number of aliphatic imine (C=N–C) groups is 1. The van der Waals surface area contributed by atoms with Gasteiger partial charge in [0.05, 0.1) is 0 Å². The molecule has 1 unspecified atom stereocenters. The number of hydrogen-bond donors (Lipinski definition) is 2. The van der Waals surface area contributed by atoms with Crippen LogP contribution in [0, 0.1) is 5.92 Å². The molecule has 0 aliphatic carbocycles. The second-order valence-corrected chi connectivity index (χ2v) is 6.43. The van der Waals surface area contributed by atoms with Gasteiger partial charge in [0.2, 0.25) is 5.91 Å². The Morgan fingerprint density at radius 2 is 1.80 bits per heavy atom. The van der Waals surface area contributed by atoms with Crippen LogP contribution in [0.5, 0.6) is 0 Å². The number of guanidine groups is 1. The second kappa shape index (κ2) is 13.5. The van der Waals surface area contributed by atoms with Gasteiger partial charge in [-0.2, -0.15) is 13.2 Å². The maximum absolute atomic E-state index is 12.3. The quantitative estimate of drug-likeness (QED) is 0.302. The van der Waals surface area contributed by atoms with Gasteiger partial charge in [-0.05, 0) is 26.2 Å². The standard InChI is InChI=1S/C16H31F3N4O.HI/c1-6-20-15(22-13(4)9-7-8-12(2)3)21-10-14(24)23(5)11-16(17,18)19;/h12-13H,6-11H2,1-5H3,(H2,20,21,22);1H. The molecule has 1 amide bonds. The molecule has 25 heavy (non-hydrogen) atoms. The fraction of sp³-hybridized carbons (Fsp3) is 0.875. The first-order chi connectivity index (χ1) is 11.0. The Labute approximate surface area is 166 Å². The van der Waals surface area contributed by atoms with E-state index in [4.69, 9.17) is 0 Å². The van der Waals surface area contributed by atoms with E-state index in [0.29, 0.717) is 23.3 Å². The fourth-order valence-corrected chi connectivity index (χ4v) is 2.08. The normalized spacial score (nSPS) is 13.2. The monoisotopic (exact) mass is 480 g/mol. The average Bonchev–Trinajstić information content (AvgIpc) is 2.42. The third-order valence-electron chi connectivity index (χ3n) is 3.36. The number of nitrogens with zero attached hydrogens (tertiary/aromatic N) is 2. The lowest BCUT2D eigenvalue weighted by molar-refractivity contribution is -0.157. The third-order valence-corrected chi connectivity index (χ3v) is 3.36. The van der Waals surface area contributed by atoms with Crippen LogP contribution >= 0.6 is 24.0 Å². The summed E-state index contributed by atoms with van der Waals surface area (Å²) in [6.45, 7) is 7.27. The van der Waals surface area contributed by atoms with Crippen molar-refractivity contribution >= 4 is 35.8 Å². The molecule has 0 saturated heterocycles. The van der Waals surface area contributed by atoms with Gasteiger partial charge in [0.25, 0.3) is 0 Å². The van der Waals surface area contributed by atoms with Crippen LogP contribution in [-0.4, -0.2) is 55.7 Å². The van der Waals surface area contributed by atoms with Gasteiger partial charge in [-0.1, -0.05) is 26.7 Å². The van der Waals surface area contributed by atoms with Gasteiger partial charge in [0.1, 0.15) is 13.1 Å². The Hall–Kier alpha value is -0.740. The van der Waals surface area contributed by atoms with E-state index in [9.17, 15) is 18.0 Å². The minimum atomic E-state index is -4.40. The van der Waals surface area contributed by atoms with E-state index in [1.807, 2.05) is 13.8 Å². The highest BCUT2D eigenvalue weighted by Crippen LogP contribution is 2.15. The van der Waals surface area contributed by atoms with E-state index in [-0.39, 0.29) is 36.6 Å². The molecule has 9 heteroatoms. The van der Waals surface area contributed by atoms with Crippen molar-refractivity contribution in [1.29, 1.82) is 0 Å². The zero-order valence-corrected chi connectivity index (χ0v) is 18.1. The van der Waals surface area contributed by atoms with Crippen molar-refractivity contribution in [3.05, 3.63) is 0 Å². The summed E-state index contributed by atoms with van der Waals surface area (Å²) in [5.74, 6) is 0.432. The van der Waals surface area contributed by atoms with E-state index in [2.05, 4.69) is 29.5 Å². The van der Waals surface area contributed by atoms with Gasteiger partial charge >= 0.3 is 6.18 Å². The summed E-state index contributed by atoms with van der Waals surface area (Å²) in [5, 5.41) is 6.18. The van der Waals surface area contributed by atoms with Gasteiger partial charge in [-0.25, -0.2) is 4.99 Å². The van der Waals surface area contributed by atoms with Gasteiger partial charge < -0.3 is 15.5 Å². The first-order valence-corrected chi connectivity index (χ1v) is 8.40. The van der Waals surface area contributed by atoms with Crippen molar-refractivity contribution in [2.24, 2.45) is 10.9 Å². The van der Waals surface area contributed by atoms with Crippen LogP contribution in [0.4, 0.5) is 13.2 Å². The summed E-state index contributed by atoms with van der Waals surface area (Å²) in [4.78, 5) is 16.4. The largest absolute Gasteiger partial charge is 0.406 e. The SMILES string of the molecule is CCNC(=NCC(=O)N(C)CC(F)(F)F)NC(C)CCCC(C)C.I. The molecule has 150 valence electrons. The first-order valence-electron chi connectivity index (χ1n) is 8.40. The highest BCUT2D eigenvalue weighted by atomic mass is 127. The molecule has 0 aliphatic rings. The summed E-state index contributed by atoms with van der Waals surface area (Å²) in [5.41, 5.74) is 0. The number of likely N-dealkylation sites (N-methyl/N-ethyl adjacent to an activating group) is 1. The highest BCUT2D eigenvalue weighted by molar-refractivity contribution is 14.0. The third kappa shape index (κ3) is 15.2. The maximum Gasteiger partial charge on any atom is 0.406 e. The molecule has 0 radical (unpaired) electrons. The maximum atomic E-state index is 12.3. The van der Waals surface area contributed by atoms with Crippen molar-refractivity contribution in [1.82, 2.24) is 15.5 Å². The molecule has 0 aromatic rings. The molecule has 5 nitrogen and oxygen atoms in total. The lowest BCUT2D eigenvalue weighted by Gasteiger charge is -2.20. The van der Waals surface area contributed by atoms with Crippen molar-refractivity contribution in [2.45, 2.75) is 59.2 Å². The van der Waals surface area contributed by atoms with Crippen molar-refractivity contribution < 1.29 is 18.0 Å². The molecular formula is C16H32F3IN4O. The Bertz CT molecular complexity index is 403. The van der Waals surface area contributed by atoms with Crippen molar-refractivity contribution in [2.75, 3.05) is 26.7 Å². The molecule has 0 spiro atoms. The van der Waals surface area contributed by atoms with E-state index >= 15 is 0 Å². The smallest absolute Gasteiger partial charge is 0.357 e. The van der Waals surface area contributed by atoms with Gasteiger partial charge in [0, 0.05) is 19.6 Å². The molecule has 0 bridgehead atoms. The predicted octanol–water partition coefficient (Wildman–Crippen LogP) is 3.40. The number of amides is 1. The number of nitrogens with one attached hydrogen (secondary N) is 2. The van der Waals surface area contributed by atoms with Crippen molar-refractivity contribution in [3.63, 3.8) is 0 Å². The number of halogens is 4. The van der Waals surface area contributed by atoms with E-state index < -0.39 is 18.6 Å². The van der Waals surface area contributed by atoms with Crippen LogP contribution in [0.3, 0.4) is 0 Å². The minimum Gasteiger partial charge on any atom is -0.357 e.